The van der Waals surface area contributed by atoms with Crippen LogP contribution >= 0.6 is 0 Å². The van der Waals surface area contributed by atoms with Gasteiger partial charge in [0, 0.05) is 6.42 Å². The number of carbonyl (C=O) groups excluding carboxylic acids is 3. The van der Waals surface area contributed by atoms with Gasteiger partial charge in [-0.15, -0.1) is 13.2 Å². The molecule has 3 N–H and O–H groups in total. The summed E-state index contributed by atoms with van der Waals surface area (Å²) < 4.78 is 6.05. The molecule has 232 valence electrons. The lowest BCUT2D eigenvalue weighted by Gasteiger charge is -2.24. The highest BCUT2D eigenvalue weighted by Gasteiger charge is 2.27. The highest BCUT2D eigenvalue weighted by molar-refractivity contribution is 5.86. The zero-order valence-corrected chi connectivity index (χ0v) is 25.3. The maximum Gasteiger partial charge on any atom is 0.309 e. The summed E-state index contributed by atoms with van der Waals surface area (Å²) >= 11 is 0. The van der Waals surface area contributed by atoms with Crippen molar-refractivity contribution >= 4 is 17.8 Å². The van der Waals surface area contributed by atoms with Gasteiger partial charge in [-0.05, 0) is 48.8 Å². The first-order chi connectivity index (χ1) is 21.4. The quantitative estimate of drug-likeness (QED) is 0.125. The molecule has 0 heterocycles. The van der Waals surface area contributed by atoms with Gasteiger partial charge in [-0.3, -0.25) is 14.4 Å². The first-order valence-electron chi connectivity index (χ1n) is 15.2. The molecule has 0 aromatic heterocycles. The Bertz CT molecular complexity index is 1310. The normalized spacial score (nSPS) is 13.5. The van der Waals surface area contributed by atoms with Crippen LogP contribution in [0.3, 0.4) is 0 Å². The molecule has 44 heavy (non-hydrogen) atoms. The molecule has 0 fully saturated rings. The Balaban J connectivity index is 1.65. The fraction of sp³-hybridized carbons (Fsp3) is 0.324. The third-order valence-corrected chi connectivity index (χ3v) is 7.43. The molecule has 2 amide bonds. The maximum absolute atomic E-state index is 13.5. The van der Waals surface area contributed by atoms with Gasteiger partial charge in [-0.1, -0.05) is 103 Å². The van der Waals surface area contributed by atoms with E-state index in [1.54, 1.807) is 12.2 Å². The Kier molecular flexibility index (Phi) is 14.6. The molecule has 7 nitrogen and oxygen atoms in total. The van der Waals surface area contributed by atoms with Crippen LogP contribution in [0.15, 0.2) is 116 Å². The van der Waals surface area contributed by atoms with Crippen molar-refractivity contribution < 1.29 is 24.2 Å². The number of nitrogens with one attached hydrogen (secondary N) is 2. The molecule has 0 aliphatic carbocycles. The van der Waals surface area contributed by atoms with E-state index in [0.717, 1.165) is 16.7 Å². The second-order valence-electron chi connectivity index (χ2n) is 10.9. The Morgan fingerprint density at radius 2 is 1.39 bits per heavy atom. The summed E-state index contributed by atoms with van der Waals surface area (Å²) in [4.78, 5) is 39.7. The van der Waals surface area contributed by atoms with Gasteiger partial charge in [0.2, 0.25) is 11.8 Å². The van der Waals surface area contributed by atoms with Crippen molar-refractivity contribution in [1.82, 2.24) is 10.6 Å². The van der Waals surface area contributed by atoms with E-state index in [-0.39, 0.29) is 49.7 Å². The molecule has 4 atom stereocenters. The summed E-state index contributed by atoms with van der Waals surface area (Å²) in [6.07, 6.45) is 5.19. The van der Waals surface area contributed by atoms with Crippen LogP contribution in [0, 0.1) is 11.8 Å². The van der Waals surface area contributed by atoms with Gasteiger partial charge >= 0.3 is 5.97 Å². The van der Waals surface area contributed by atoms with Gasteiger partial charge < -0.3 is 20.5 Å². The lowest BCUT2D eigenvalue weighted by molar-refractivity contribution is -0.155. The molecule has 0 radical (unpaired) electrons. The predicted octanol–water partition coefficient (Wildman–Crippen LogP) is 5.51. The Hall–Kier alpha value is -4.49. The number of hydrogen-bond acceptors (Lipinski definition) is 5. The average molecular weight is 597 g/mol. The van der Waals surface area contributed by atoms with E-state index in [1.165, 1.54) is 0 Å². The standard InChI is InChI=1S/C37H44N2O5/c1-3-5-20-32(23-28-16-9-6-10-17-28)37(43)44-34(30-21-13-8-14-22-30)26-38-36(42)31(15-4-2)25-35(41)39-33(27-40)24-29-18-11-7-12-19-29/h3-4,6-14,16-19,21-22,31-34,40H,1-2,5,15,20,23-27H2,(H,38,42)(H,39,41)/t31-,32+,33+,34+/m0/s1. The number of aliphatic hydroxyl groups excluding tert-OH is 1. The zero-order chi connectivity index (χ0) is 31.6. The van der Waals surface area contributed by atoms with Gasteiger partial charge in [-0.2, -0.15) is 0 Å². The molecule has 0 saturated heterocycles. The van der Waals surface area contributed by atoms with Gasteiger partial charge in [0.1, 0.15) is 6.10 Å². The van der Waals surface area contributed by atoms with Crippen LogP contribution in [0.2, 0.25) is 0 Å². The van der Waals surface area contributed by atoms with Crippen molar-refractivity contribution in [3.05, 3.63) is 133 Å². The van der Waals surface area contributed by atoms with E-state index in [9.17, 15) is 19.5 Å². The third kappa shape index (κ3) is 11.7. The van der Waals surface area contributed by atoms with Crippen LogP contribution in [-0.4, -0.2) is 42.1 Å². The number of aliphatic hydroxyl groups is 1. The van der Waals surface area contributed by atoms with Crippen molar-refractivity contribution in [3.63, 3.8) is 0 Å². The molecule has 7 heteroatoms. The molecule has 0 saturated carbocycles. The predicted molar refractivity (Wildman–Crippen MR) is 173 cm³/mol. The van der Waals surface area contributed by atoms with Crippen LogP contribution in [0.5, 0.6) is 0 Å². The van der Waals surface area contributed by atoms with Gasteiger partial charge in [-0.25, -0.2) is 0 Å². The fourth-order valence-corrected chi connectivity index (χ4v) is 5.04. The summed E-state index contributed by atoms with van der Waals surface area (Å²) in [5, 5.41) is 15.6. The monoisotopic (exact) mass is 596 g/mol. The van der Waals surface area contributed by atoms with Crippen molar-refractivity contribution in [2.45, 2.75) is 50.7 Å². The second kappa shape index (κ2) is 18.9. The van der Waals surface area contributed by atoms with E-state index < -0.39 is 18.1 Å². The van der Waals surface area contributed by atoms with E-state index in [4.69, 9.17) is 4.74 Å². The first-order valence-corrected chi connectivity index (χ1v) is 15.2. The smallest absolute Gasteiger partial charge is 0.309 e. The minimum atomic E-state index is -0.711. The highest BCUT2D eigenvalue weighted by Crippen LogP contribution is 2.23. The number of allylic oxidation sites excluding steroid dienone is 2. The van der Waals surface area contributed by atoms with Crippen molar-refractivity contribution in [1.29, 1.82) is 0 Å². The van der Waals surface area contributed by atoms with Crippen LogP contribution in [0.25, 0.3) is 0 Å². The number of esters is 1. The largest absolute Gasteiger partial charge is 0.455 e. The van der Waals surface area contributed by atoms with Crippen LogP contribution in [0.4, 0.5) is 0 Å². The second-order valence-corrected chi connectivity index (χ2v) is 10.9. The van der Waals surface area contributed by atoms with E-state index >= 15 is 0 Å². The summed E-state index contributed by atoms with van der Waals surface area (Å²) in [6.45, 7) is 7.39. The number of rotatable bonds is 19. The number of benzene rings is 3. The number of carbonyl (C=O) groups is 3. The molecule has 3 aromatic rings. The molecule has 3 rings (SSSR count). The third-order valence-electron chi connectivity index (χ3n) is 7.43. The Morgan fingerprint density at radius 1 is 0.795 bits per heavy atom. The first kappa shape index (κ1) is 34.0. The van der Waals surface area contributed by atoms with Crippen molar-refractivity contribution in [2.24, 2.45) is 11.8 Å². The van der Waals surface area contributed by atoms with Gasteiger partial charge in [0.05, 0.1) is 31.0 Å². The number of hydrogen-bond donors (Lipinski definition) is 3. The van der Waals surface area contributed by atoms with Gasteiger partial charge in [0.15, 0.2) is 0 Å². The van der Waals surface area contributed by atoms with E-state index in [0.29, 0.717) is 25.7 Å². The van der Waals surface area contributed by atoms with Crippen LogP contribution in [0.1, 0.15) is 48.5 Å². The van der Waals surface area contributed by atoms with Crippen LogP contribution in [-0.2, 0) is 32.0 Å². The van der Waals surface area contributed by atoms with E-state index in [2.05, 4.69) is 23.8 Å². The summed E-state index contributed by atoms with van der Waals surface area (Å²) in [7, 11) is 0. The molecule has 0 unspecified atom stereocenters. The number of amides is 2. The molecular weight excluding hydrogens is 552 g/mol. The molecule has 3 aromatic carbocycles. The van der Waals surface area contributed by atoms with Crippen molar-refractivity contribution in [3.8, 4) is 0 Å². The lowest BCUT2D eigenvalue weighted by atomic mass is 9.94. The fourth-order valence-electron chi connectivity index (χ4n) is 5.04. The molecule has 0 bridgehead atoms. The van der Waals surface area contributed by atoms with E-state index in [1.807, 2.05) is 91.0 Å². The number of ether oxygens (including phenoxy) is 1. The molecular formula is C37H44N2O5. The molecule has 0 aliphatic heterocycles. The summed E-state index contributed by atoms with van der Waals surface area (Å²) in [6, 6.07) is 28.2. The Labute approximate surface area is 261 Å². The molecule has 0 spiro atoms. The topological polar surface area (TPSA) is 105 Å². The van der Waals surface area contributed by atoms with Crippen molar-refractivity contribution in [2.75, 3.05) is 13.2 Å². The average Bonchev–Trinajstić information content (AvgIpc) is 3.05. The minimum absolute atomic E-state index is 0.0522. The van der Waals surface area contributed by atoms with Crippen LogP contribution < -0.4 is 10.6 Å². The van der Waals surface area contributed by atoms with Gasteiger partial charge in [0.25, 0.3) is 0 Å². The molecule has 0 aliphatic rings. The summed E-state index contributed by atoms with van der Waals surface area (Å²) in [5.74, 6) is -2.06. The lowest BCUT2D eigenvalue weighted by Crippen LogP contribution is -2.42. The SMILES string of the molecule is C=CCC[C@H](Cc1ccccc1)C(=O)O[C@H](CNC(=O)[C@@H](CC=C)CC(=O)N[C@@H](CO)Cc1ccccc1)c1ccccc1. The maximum atomic E-state index is 13.5. The Morgan fingerprint density at radius 3 is 1.95 bits per heavy atom. The minimum Gasteiger partial charge on any atom is -0.455 e. The summed E-state index contributed by atoms with van der Waals surface area (Å²) in [5.41, 5.74) is 2.79. The highest BCUT2D eigenvalue weighted by atomic mass is 16.5. The zero-order valence-electron chi connectivity index (χ0n) is 25.3.